The van der Waals surface area contributed by atoms with Crippen LogP contribution < -0.4 is 10.5 Å². The van der Waals surface area contributed by atoms with E-state index in [1.165, 1.54) is 10.5 Å². The molecule has 0 aliphatic heterocycles. The third-order valence-electron chi connectivity index (χ3n) is 3.90. The van der Waals surface area contributed by atoms with Crippen LogP contribution in [0.2, 0.25) is 0 Å². The Balaban J connectivity index is 2.24. The number of amides is 1. The fraction of sp³-hybridized carbons (Fsp3) is 0.421. The molecular weight excluding hydrogens is 316 g/mol. The van der Waals surface area contributed by atoms with Crippen LogP contribution in [-0.4, -0.2) is 34.9 Å². The first-order valence-electron chi connectivity index (χ1n) is 8.17. The van der Waals surface area contributed by atoms with E-state index in [1.54, 1.807) is 21.0 Å². The minimum Gasteiger partial charge on any atom is -0.487 e. The van der Waals surface area contributed by atoms with Crippen LogP contribution in [0.3, 0.4) is 0 Å². The van der Waals surface area contributed by atoms with Gasteiger partial charge >= 0.3 is 0 Å². The summed E-state index contributed by atoms with van der Waals surface area (Å²) in [5, 5.41) is 0. The predicted octanol–water partition coefficient (Wildman–Crippen LogP) is 2.95. The van der Waals surface area contributed by atoms with Crippen LogP contribution in [0.15, 0.2) is 24.3 Å². The van der Waals surface area contributed by atoms with Gasteiger partial charge in [0, 0.05) is 14.1 Å². The smallest absolute Gasteiger partial charge is 0.257 e. The minimum atomic E-state index is -0.167. The molecule has 0 saturated heterocycles. The van der Waals surface area contributed by atoms with E-state index < -0.39 is 0 Å². The highest BCUT2D eigenvalue weighted by Crippen LogP contribution is 2.25. The summed E-state index contributed by atoms with van der Waals surface area (Å²) in [6, 6.07) is 7.93. The van der Waals surface area contributed by atoms with Crippen LogP contribution in [0, 0.1) is 6.92 Å². The zero-order valence-corrected chi connectivity index (χ0v) is 15.8. The van der Waals surface area contributed by atoms with E-state index in [4.69, 9.17) is 10.5 Å². The molecule has 2 N–H and O–H groups in total. The summed E-state index contributed by atoms with van der Waals surface area (Å²) in [5.74, 6) is 0.680. The lowest BCUT2D eigenvalue weighted by molar-refractivity contribution is 0.0823. The Morgan fingerprint density at radius 2 is 1.76 bits per heavy atom. The van der Waals surface area contributed by atoms with Gasteiger partial charge in [-0.1, -0.05) is 32.9 Å². The summed E-state index contributed by atoms with van der Waals surface area (Å²) < 4.78 is 5.82. The Kier molecular flexibility index (Phi) is 5.30. The lowest BCUT2D eigenvalue weighted by Gasteiger charge is -2.19. The van der Waals surface area contributed by atoms with Gasteiger partial charge in [-0.15, -0.1) is 0 Å². The number of hydrogen-bond donors (Lipinski definition) is 1. The number of nitrogens with two attached hydrogens (primary N) is 1. The Bertz CT molecular complexity index is 762. The molecule has 0 fully saturated rings. The van der Waals surface area contributed by atoms with Crippen molar-refractivity contribution in [1.29, 1.82) is 0 Å². The van der Waals surface area contributed by atoms with E-state index in [9.17, 15) is 4.79 Å². The Hall–Kier alpha value is -2.63. The summed E-state index contributed by atoms with van der Waals surface area (Å²) in [5.41, 5.74) is 8.53. The number of aryl methyl sites for hydroxylation is 1. The fourth-order valence-electron chi connectivity index (χ4n) is 2.46. The molecule has 2 rings (SSSR count). The number of carbonyl (C=O) groups is 1. The number of carbonyl (C=O) groups excluding carboxylic acids is 1. The van der Waals surface area contributed by atoms with Gasteiger partial charge in [-0.2, -0.15) is 0 Å². The van der Waals surface area contributed by atoms with Gasteiger partial charge in [-0.25, -0.2) is 9.97 Å². The molecule has 2 aromatic rings. The van der Waals surface area contributed by atoms with E-state index in [2.05, 4.69) is 30.7 Å². The molecule has 1 amide bonds. The van der Waals surface area contributed by atoms with Crippen LogP contribution >= 0.6 is 0 Å². The SMILES string of the molecule is Cc1nc(N)nc(COc2ccc(C(C)(C)C)cc2)c1C(=O)N(C)C. The normalized spacial score (nSPS) is 11.3. The first-order chi connectivity index (χ1) is 11.6. The van der Waals surface area contributed by atoms with Crippen molar-refractivity contribution in [3.05, 3.63) is 46.8 Å². The average molecular weight is 342 g/mol. The van der Waals surface area contributed by atoms with E-state index >= 15 is 0 Å². The van der Waals surface area contributed by atoms with Crippen molar-refractivity contribution in [2.75, 3.05) is 19.8 Å². The highest BCUT2D eigenvalue weighted by atomic mass is 16.5. The molecule has 0 saturated carbocycles. The molecule has 0 aliphatic carbocycles. The first kappa shape index (κ1) is 18.7. The van der Waals surface area contributed by atoms with Crippen molar-refractivity contribution >= 4 is 11.9 Å². The second kappa shape index (κ2) is 7.09. The second-order valence-corrected chi connectivity index (χ2v) is 7.25. The third kappa shape index (κ3) is 4.47. The van der Waals surface area contributed by atoms with Gasteiger partial charge < -0.3 is 15.4 Å². The fourth-order valence-corrected chi connectivity index (χ4v) is 2.46. The molecule has 0 aliphatic rings. The van der Waals surface area contributed by atoms with Crippen molar-refractivity contribution in [3.8, 4) is 5.75 Å². The predicted molar refractivity (Wildman–Crippen MR) is 98.7 cm³/mol. The van der Waals surface area contributed by atoms with Gasteiger partial charge in [-0.3, -0.25) is 4.79 Å². The molecule has 6 nitrogen and oxygen atoms in total. The molecule has 0 radical (unpaired) electrons. The lowest BCUT2D eigenvalue weighted by Crippen LogP contribution is -2.26. The Morgan fingerprint density at radius 3 is 2.28 bits per heavy atom. The Labute approximate surface area is 149 Å². The average Bonchev–Trinajstić information content (AvgIpc) is 2.51. The summed E-state index contributed by atoms with van der Waals surface area (Å²) in [4.78, 5) is 22.2. The van der Waals surface area contributed by atoms with Gasteiger partial charge in [0.25, 0.3) is 5.91 Å². The standard InChI is InChI=1S/C19H26N4O2/c1-12-16(17(24)23(5)6)15(22-18(20)21-12)11-25-14-9-7-13(8-10-14)19(2,3)4/h7-10H,11H2,1-6H3,(H2,20,21,22). The van der Waals surface area contributed by atoms with E-state index in [-0.39, 0.29) is 23.9 Å². The number of nitrogen functional groups attached to an aromatic ring is 1. The number of aromatic nitrogens is 2. The van der Waals surface area contributed by atoms with Crippen LogP contribution in [0.5, 0.6) is 5.75 Å². The molecule has 1 aromatic carbocycles. The van der Waals surface area contributed by atoms with Crippen molar-refractivity contribution in [1.82, 2.24) is 14.9 Å². The molecule has 0 spiro atoms. The number of ether oxygens (including phenoxy) is 1. The largest absolute Gasteiger partial charge is 0.487 e. The van der Waals surface area contributed by atoms with Crippen LogP contribution in [0.1, 0.15) is 48.1 Å². The van der Waals surface area contributed by atoms with Gasteiger partial charge in [-0.05, 0) is 30.0 Å². The highest BCUT2D eigenvalue weighted by molar-refractivity contribution is 5.96. The molecule has 0 bridgehead atoms. The third-order valence-corrected chi connectivity index (χ3v) is 3.90. The number of hydrogen-bond acceptors (Lipinski definition) is 5. The topological polar surface area (TPSA) is 81.3 Å². The second-order valence-electron chi connectivity index (χ2n) is 7.25. The van der Waals surface area contributed by atoms with Crippen molar-refractivity contribution in [2.45, 2.75) is 39.7 Å². The summed E-state index contributed by atoms with van der Waals surface area (Å²) in [6.45, 7) is 8.38. The maximum absolute atomic E-state index is 12.4. The van der Waals surface area contributed by atoms with E-state index in [1.807, 2.05) is 24.3 Å². The molecule has 25 heavy (non-hydrogen) atoms. The van der Waals surface area contributed by atoms with E-state index in [0.29, 0.717) is 22.7 Å². The molecule has 6 heteroatoms. The number of anilines is 1. The highest BCUT2D eigenvalue weighted by Gasteiger charge is 2.20. The molecule has 1 heterocycles. The van der Waals surface area contributed by atoms with Gasteiger partial charge in [0.15, 0.2) is 0 Å². The maximum atomic E-state index is 12.4. The zero-order chi connectivity index (χ0) is 18.8. The molecular formula is C19H26N4O2. The van der Waals surface area contributed by atoms with Crippen LogP contribution in [-0.2, 0) is 12.0 Å². The quantitative estimate of drug-likeness (QED) is 0.924. The van der Waals surface area contributed by atoms with Gasteiger partial charge in [0.2, 0.25) is 5.95 Å². The van der Waals surface area contributed by atoms with Crippen molar-refractivity contribution < 1.29 is 9.53 Å². The van der Waals surface area contributed by atoms with Crippen molar-refractivity contribution in [3.63, 3.8) is 0 Å². The zero-order valence-electron chi connectivity index (χ0n) is 15.8. The maximum Gasteiger partial charge on any atom is 0.257 e. The first-order valence-corrected chi connectivity index (χ1v) is 8.17. The lowest BCUT2D eigenvalue weighted by atomic mass is 9.87. The molecule has 134 valence electrons. The van der Waals surface area contributed by atoms with E-state index in [0.717, 1.165) is 0 Å². The number of rotatable bonds is 4. The van der Waals surface area contributed by atoms with Crippen LogP contribution in [0.25, 0.3) is 0 Å². The van der Waals surface area contributed by atoms with Gasteiger partial charge in [0.05, 0.1) is 17.0 Å². The summed E-state index contributed by atoms with van der Waals surface area (Å²) in [7, 11) is 3.38. The van der Waals surface area contributed by atoms with Crippen molar-refractivity contribution in [2.24, 2.45) is 0 Å². The van der Waals surface area contributed by atoms with Gasteiger partial charge in [0.1, 0.15) is 12.4 Å². The number of nitrogens with zero attached hydrogens (tertiary/aromatic N) is 3. The monoisotopic (exact) mass is 342 g/mol. The summed E-state index contributed by atoms with van der Waals surface area (Å²) >= 11 is 0. The minimum absolute atomic E-state index is 0.0854. The number of benzene rings is 1. The molecule has 0 atom stereocenters. The molecule has 1 aromatic heterocycles. The Morgan fingerprint density at radius 1 is 1.16 bits per heavy atom. The molecule has 0 unspecified atom stereocenters. The van der Waals surface area contributed by atoms with Crippen LogP contribution in [0.4, 0.5) is 5.95 Å². The summed E-state index contributed by atoms with van der Waals surface area (Å²) in [6.07, 6.45) is 0.